The van der Waals surface area contributed by atoms with E-state index in [4.69, 9.17) is 21.1 Å². The van der Waals surface area contributed by atoms with Gasteiger partial charge in [-0.1, -0.05) is 11.6 Å². The molecule has 8 nitrogen and oxygen atoms in total. The molecule has 2 aromatic rings. The number of benzene rings is 2. The number of methoxy groups -OCH3 is 2. The first kappa shape index (κ1) is 22.4. The minimum Gasteiger partial charge on any atom is -0.493 e. The van der Waals surface area contributed by atoms with E-state index in [1.54, 1.807) is 24.3 Å². The molecule has 1 saturated heterocycles. The zero-order valence-electron chi connectivity index (χ0n) is 17.4. The highest BCUT2D eigenvalue weighted by atomic mass is 35.5. The molecule has 1 fully saturated rings. The van der Waals surface area contributed by atoms with Gasteiger partial charge in [0.25, 0.3) is 5.91 Å². The van der Waals surface area contributed by atoms with Crippen molar-refractivity contribution in [3.8, 4) is 11.5 Å². The molecule has 0 aromatic heterocycles. The average molecular weight is 446 g/mol. The molecule has 31 heavy (non-hydrogen) atoms. The summed E-state index contributed by atoms with van der Waals surface area (Å²) in [4.78, 5) is 25.9. The van der Waals surface area contributed by atoms with E-state index in [2.05, 4.69) is 20.2 Å². The Bertz CT molecular complexity index is 956. The Morgan fingerprint density at radius 3 is 2.52 bits per heavy atom. The lowest BCUT2D eigenvalue weighted by atomic mass is 10.2. The Morgan fingerprint density at radius 1 is 1.16 bits per heavy atom. The van der Waals surface area contributed by atoms with Crippen LogP contribution in [0.25, 0.3) is 0 Å². The van der Waals surface area contributed by atoms with Crippen molar-refractivity contribution >= 4 is 35.4 Å². The Balaban J connectivity index is 1.62. The third-order valence-electron chi connectivity index (χ3n) is 4.79. The number of amides is 1. The second-order valence-corrected chi connectivity index (χ2v) is 7.25. The number of carbonyl (C=O) groups is 2. The molecular formula is C22H24ClN3O5. The third-order valence-corrected chi connectivity index (χ3v) is 5.07. The van der Waals surface area contributed by atoms with Gasteiger partial charge in [-0.3, -0.25) is 4.79 Å². The summed E-state index contributed by atoms with van der Waals surface area (Å²) in [5.41, 5.74) is 4.71. The number of nitrogens with one attached hydrogen (secondary N) is 1. The number of ether oxygens (including phenoxy) is 3. The normalized spacial score (nSPS) is 13.3. The van der Waals surface area contributed by atoms with Gasteiger partial charge in [-0.2, -0.15) is 5.10 Å². The molecule has 164 valence electrons. The predicted octanol–water partition coefficient (Wildman–Crippen LogP) is 3.26. The molecule has 1 N–H and O–H groups in total. The molecule has 1 amide bonds. The van der Waals surface area contributed by atoms with Gasteiger partial charge in [0.2, 0.25) is 0 Å². The first-order valence-corrected chi connectivity index (χ1v) is 10.1. The molecule has 0 unspecified atom stereocenters. The molecular weight excluding hydrogens is 422 g/mol. The zero-order valence-corrected chi connectivity index (χ0v) is 18.1. The monoisotopic (exact) mass is 445 g/mol. The Labute approximate surface area is 185 Å². The van der Waals surface area contributed by atoms with E-state index in [1.807, 2.05) is 12.1 Å². The van der Waals surface area contributed by atoms with Gasteiger partial charge >= 0.3 is 5.97 Å². The van der Waals surface area contributed by atoms with Crippen LogP contribution in [0.5, 0.6) is 11.5 Å². The minimum atomic E-state index is -0.542. The largest absolute Gasteiger partial charge is 0.493 e. The average Bonchev–Trinajstić information content (AvgIpc) is 3.32. The first-order valence-electron chi connectivity index (χ1n) is 9.77. The summed E-state index contributed by atoms with van der Waals surface area (Å²) in [6, 6.07) is 10.7. The van der Waals surface area contributed by atoms with Gasteiger partial charge in [-0.25, -0.2) is 10.2 Å². The Morgan fingerprint density at radius 2 is 1.87 bits per heavy atom. The third kappa shape index (κ3) is 5.88. The summed E-state index contributed by atoms with van der Waals surface area (Å²) in [5.74, 6) is -0.323. The summed E-state index contributed by atoms with van der Waals surface area (Å²) in [6.45, 7) is 1.80. The van der Waals surface area contributed by atoms with E-state index < -0.39 is 5.97 Å². The minimum absolute atomic E-state index is 0.217. The number of nitrogens with zero attached hydrogens (tertiary/aromatic N) is 2. The van der Waals surface area contributed by atoms with Crippen molar-refractivity contribution in [3.63, 3.8) is 0 Å². The topological polar surface area (TPSA) is 89.5 Å². The second-order valence-electron chi connectivity index (χ2n) is 6.84. The quantitative estimate of drug-likeness (QED) is 0.381. The van der Waals surface area contributed by atoms with Crippen molar-refractivity contribution in [1.29, 1.82) is 0 Å². The van der Waals surface area contributed by atoms with Crippen molar-refractivity contribution in [2.45, 2.75) is 12.8 Å². The van der Waals surface area contributed by atoms with Crippen LogP contribution in [0.2, 0.25) is 5.02 Å². The van der Waals surface area contributed by atoms with E-state index in [1.165, 1.54) is 33.3 Å². The van der Waals surface area contributed by atoms with Crippen LogP contribution in [0.1, 0.15) is 28.8 Å². The van der Waals surface area contributed by atoms with E-state index in [0.29, 0.717) is 16.9 Å². The maximum Gasteiger partial charge on any atom is 0.343 e. The van der Waals surface area contributed by atoms with Crippen molar-refractivity contribution in [2.24, 2.45) is 5.10 Å². The molecule has 0 spiro atoms. The highest BCUT2D eigenvalue weighted by Gasteiger charge is 2.14. The van der Waals surface area contributed by atoms with E-state index in [0.717, 1.165) is 18.8 Å². The number of carbonyl (C=O) groups excluding carboxylic acids is 2. The summed E-state index contributed by atoms with van der Waals surface area (Å²) >= 11 is 6.24. The number of hydrazone groups is 1. The standard InChI is InChI=1S/C22H24ClN3O5/c1-29-19-12-15(11-18(23)21(19)31-14-20(27)30-2)13-24-25-22(28)16-5-7-17(8-6-16)26-9-3-4-10-26/h5-8,11-13H,3-4,9-10,14H2,1-2H3,(H,25,28)/b24-13-. The molecule has 1 aliphatic rings. The van der Waals surface area contributed by atoms with E-state index >= 15 is 0 Å². The van der Waals surface area contributed by atoms with Gasteiger partial charge in [0.05, 0.1) is 25.5 Å². The van der Waals surface area contributed by atoms with Gasteiger partial charge in [0.15, 0.2) is 18.1 Å². The van der Waals surface area contributed by atoms with Crippen LogP contribution in [-0.2, 0) is 9.53 Å². The van der Waals surface area contributed by atoms with Crippen LogP contribution >= 0.6 is 11.6 Å². The molecule has 9 heteroatoms. The summed E-state index contributed by atoms with van der Waals surface area (Å²) in [5, 5.41) is 4.22. The van der Waals surface area contributed by atoms with Crippen LogP contribution in [0.3, 0.4) is 0 Å². The first-order chi connectivity index (χ1) is 15.0. The number of hydrogen-bond donors (Lipinski definition) is 1. The zero-order chi connectivity index (χ0) is 22.2. The van der Waals surface area contributed by atoms with Crippen molar-refractivity contribution in [1.82, 2.24) is 5.43 Å². The summed E-state index contributed by atoms with van der Waals surface area (Å²) in [6.07, 6.45) is 3.84. The van der Waals surface area contributed by atoms with Crippen LogP contribution in [-0.4, -0.2) is 52.0 Å². The fourth-order valence-corrected chi connectivity index (χ4v) is 3.45. The molecule has 1 heterocycles. The predicted molar refractivity (Wildman–Crippen MR) is 118 cm³/mol. The molecule has 0 aliphatic carbocycles. The van der Waals surface area contributed by atoms with Gasteiger partial charge in [-0.15, -0.1) is 0 Å². The fourth-order valence-electron chi connectivity index (χ4n) is 3.17. The van der Waals surface area contributed by atoms with Crippen molar-refractivity contribution < 1.29 is 23.8 Å². The van der Waals surface area contributed by atoms with Crippen molar-refractivity contribution in [3.05, 3.63) is 52.5 Å². The SMILES string of the molecule is COC(=O)COc1c(Cl)cc(/C=N\NC(=O)c2ccc(N3CCCC3)cc2)cc1OC. The smallest absolute Gasteiger partial charge is 0.343 e. The van der Waals surface area contributed by atoms with Crippen LogP contribution in [0.15, 0.2) is 41.5 Å². The van der Waals surface area contributed by atoms with E-state index in [9.17, 15) is 9.59 Å². The highest BCUT2D eigenvalue weighted by Crippen LogP contribution is 2.36. The van der Waals surface area contributed by atoms with Gasteiger partial charge < -0.3 is 19.1 Å². The Kier molecular flexibility index (Phi) is 7.72. The molecule has 2 aromatic carbocycles. The fraction of sp³-hybridized carbons (Fsp3) is 0.318. The number of rotatable bonds is 8. The summed E-state index contributed by atoms with van der Waals surface area (Å²) in [7, 11) is 2.71. The second kappa shape index (κ2) is 10.7. The van der Waals surface area contributed by atoms with Gasteiger partial charge in [-0.05, 0) is 54.8 Å². The van der Waals surface area contributed by atoms with Gasteiger partial charge in [0, 0.05) is 24.3 Å². The van der Waals surface area contributed by atoms with Gasteiger partial charge in [0.1, 0.15) is 0 Å². The Hall–Kier alpha value is -3.26. The van der Waals surface area contributed by atoms with E-state index in [-0.39, 0.29) is 23.3 Å². The highest BCUT2D eigenvalue weighted by molar-refractivity contribution is 6.32. The number of halogens is 1. The maximum absolute atomic E-state index is 12.3. The number of esters is 1. The van der Waals surface area contributed by atoms with Crippen molar-refractivity contribution in [2.75, 3.05) is 38.8 Å². The number of hydrogen-bond acceptors (Lipinski definition) is 7. The lowest BCUT2D eigenvalue weighted by molar-refractivity contribution is -0.142. The maximum atomic E-state index is 12.3. The van der Waals surface area contributed by atoms with Crippen LogP contribution in [0, 0.1) is 0 Å². The lowest BCUT2D eigenvalue weighted by Crippen LogP contribution is -2.19. The molecule has 0 bridgehead atoms. The summed E-state index contributed by atoms with van der Waals surface area (Å²) < 4.78 is 15.2. The molecule has 3 rings (SSSR count). The van der Waals surface area contributed by atoms with Crippen LogP contribution in [0.4, 0.5) is 5.69 Å². The van der Waals surface area contributed by atoms with Crippen LogP contribution < -0.4 is 19.8 Å². The number of anilines is 1. The molecule has 1 aliphatic heterocycles. The lowest BCUT2D eigenvalue weighted by Gasteiger charge is -2.17. The molecule has 0 saturated carbocycles. The molecule has 0 atom stereocenters. The molecule has 0 radical (unpaired) electrons.